The third-order valence-electron chi connectivity index (χ3n) is 7.07. The zero-order valence-electron chi connectivity index (χ0n) is 19.0. The Morgan fingerprint density at radius 2 is 1.84 bits per heavy atom. The number of likely N-dealkylation sites (N-methyl/N-ethyl adjacent to an activating group) is 1. The van der Waals surface area contributed by atoms with Gasteiger partial charge in [0, 0.05) is 68.8 Å². The Morgan fingerprint density at radius 1 is 1.06 bits per heavy atom. The van der Waals surface area contributed by atoms with Crippen molar-refractivity contribution in [1.29, 1.82) is 0 Å². The second-order valence-electron chi connectivity index (χ2n) is 9.30. The highest BCUT2D eigenvalue weighted by molar-refractivity contribution is 5.85. The molecule has 0 unspecified atom stereocenters. The van der Waals surface area contributed by atoms with Crippen molar-refractivity contribution < 1.29 is 9.21 Å². The van der Waals surface area contributed by atoms with Gasteiger partial charge in [-0.1, -0.05) is 0 Å². The zero-order valence-corrected chi connectivity index (χ0v) is 19.0. The van der Waals surface area contributed by atoms with E-state index in [0.29, 0.717) is 24.1 Å². The maximum atomic E-state index is 13.0. The van der Waals surface area contributed by atoms with Crippen LogP contribution in [0.15, 0.2) is 35.1 Å². The lowest BCUT2D eigenvalue weighted by molar-refractivity contribution is -0.123. The molecule has 3 aromatic rings. The first-order valence-corrected chi connectivity index (χ1v) is 11.7. The predicted molar refractivity (Wildman–Crippen MR) is 123 cm³/mol. The number of aromatic nitrogens is 3. The third kappa shape index (κ3) is 4.59. The number of nitrogens with zero attached hydrogens (tertiary/aromatic N) is 5. The number of fused-ring (bicyclic) bond motifs is 1. The molecule has 1 aliphatic carbocycles. The van der Waals surface area contributed by atoms with Gasteiger partial charge in [-0.3, -0.25) is 14.7 Å². The molecule has 2 fully saturated rings. The summed E-state index contributed by atoms with van der Waals surface area (Å²) >= 11 is 0. The minimum absolute atomic E-state index is 0.161. The molecule has 0 N–H and O–H groups in total. The molecule has 1 aliphatic heterocycles. The van der Waals surface area contributed by atoms with Crippen LogP contribution >= 0.6 is 0 Å². The molecule has 7 heteroatoms. The van der Waals surface area contributed by atoms with Crippen LogP contribution in [0.3, 0.4) is 0 Å². The van der Waals surface area contributed by atoms with E-state index in [-0.39, 0.29) is 5.92 Å². The normalized spacial score (nSPS) is 22.9. The molecule has 3 aromatic heterocycles. The fraction of sp³-hybridized carbons (Fsp3) is 0.520. The molecule has 7 nitrogen and oxygen atoms in total. The van der Waals surface area contributed by atoms with Gasteiger partial charge >= 0.3 is 0 Å². The van der Waals surface area contributed by atoms with Crippen molar-refractivity contribution in [3.8, 4) is 11.4 Å². The molecule has 0 atom stereocenters. The molecule has 2 aliphatic rings. The molecule has 5 rings (SSSR count). The summed E-state index contributed by atoms with van der Waals surface area (Å²) in [6.07, 6.45) is 8.07. The summed E-state index contributed by atoms with van der Waals surface area (Å²) in [5.41, 5.74) is 3.11. The van der Waals surface area contributed by atoms with Crippen molar-refractivity contribution in [2.45, 2.75) is 45.1 Å². The summed E-state index contributed by atoms with van der Waals surface area (Å²) in [5.74, 6) is 1.09. The van der Waals surface area contributed by atoms with Crippen LogP contribution < -0.4 is 0 Å². The summed E-state index contributed by atoms with van der Waals surface area (Å²) in [5, 5.41) is 0.956. The Kier molecular flexibility index (Phi) is 6.02. The van der Waals surface area contributed by atoms with Crippen molar-refractivity contribution in [1.82, 2.24) is 24.8 Å². The summed E-state index contributed by atoms with van der Waals surface area (Å²) in [6.45, 7) is 6.43. The summed E-state index contributed by atoms with van der Waals surface area (Å²) in [4.78, 5) is 31.7. The van der Waals surface area contributed by atoms with Gasteiger partial charge in [-0.05, 0) is 50.9 Å². The zero-order chi connectivity index (χ0) is 22.1. The maximum absolute atomic E-state index is 13.0. The molecular weight excluding hydrogens is 402 g/mol. The number of aryl methyl sites for hydroxylation is 1. The Bertz CT molecular complexity index is 1090. The van der Waals surface area contributed by atoms with E-state index < -0.39 is 0 Å². The van der Waals surface area contributed by atoms with Crippen molar-refractivity contribution in [2.75, 3.05) is 33.2 Å². The number of carbonyl (C=O) groups excluding carboxylic acids is 1. The van der Waals surface area contributed by atoms with E-state index >= 15 is 0 Å². The first-order chi connectivity index (χ1) is 15.5. The fourth-order valence-electron chi connectivity index (χ4n) is 5.05. The SMILES string of the molecule is Cc1nc(-c2ccc3cnc(CC(=O)C4CCC(N5CCN(C)CC5)CC4)cc3n2)co1. The monoisotopic (exact) mass is 433 g/mol. The lowest BCUT2D eigenvalue weighted by Gasteiger charge is -2.40. The van der Waals surface area contributed by atoms with E-state index in [0.717, 1.165) is 79.8 Å². The van der Waals surface area contributed by atoms with E-state index in [1.807, 2.05) is 31.3 Å². The van der Waals surface area contributed by atoms with E-state index in [4.69, 9.17) is 9.40 Å². The van der Waals surface area contributed by atoms with Gasteiger partial charge in [-0.25, -0.2) is 9.97 Å². The highest BCUT2D eigenvalue weighted by Gasteiger charge is 2.30. The molecule has 1 saturated heterocycles. The molecule has 0 spiro atoms. The number of piperazine rings is 1. The van der Waals surface area contributed by atoms with Crippen LogP contribution in [-0.2, 0) is 11.2 Å². The number of oxazole rings is 1. The van der Waals surface area contributed by atoms with Crippen molar-refractivity contribution in [3.05, 3.63) is 42.2 Å². The van der Waals surface area contributed by atoms with Crippen molar-refractivity contribution in [3.63, 3.8) is 0 Å². The highest BCUT2D eigenvalue weighted by atomic mass is 16.3. The Morgan fingerprint density at radius 3 is 2.56 bits per heavy atom. The van der Waals surface area contributed by atoms with Crippen LogP contribution in [0.25, 0.3) is 22.3 Å². The van der Waals surface area contributed by atoms with E-state index in [9.17, 15) is 4.79 Å². The van der Waals surface area contributed by atoms with Crippen LogP contribution in [0.2, 0.25) is 0 Å². The molecule has 32 heavy (non-hydrogen) atoms. The fourth-order valence-corrected chi connectivity index (χ4v) is 5.05. The Labute approximate surface area is 188 Å². The predicted octanol–water partition coefficient (Wildman–Crippen LogP) is 3.51. The van der Waals surface area contributed by atoms with Crippen LogP contribution in [-0.4, -0.2) is 69.8 Å². The number of hydrogen-bond acceptors (Lipinski definition) is 7. The standard InChI is InChI=1S/C25H31N5O2/c1-17-27-24(16-32-17)22-8-5-19-15-26-20(13-23(19)28-22)14-25(31)18-3-6-21(7-4-18)30-11-9-29(2)10-12-30/h5,8,13,15-16,18,21H,3-4,6-7,9-12,14H2,1-2H3. The van der Waals surface area contributed by atoms with Crippen LogP contribution in [0.5, 0.6) is 0 Å². The quantitative estimate of drug-likeness (QED) is 0.609. The second-order valence-corrected chi connectivity index (χ2v) is 9.30. The Hall–Kier alpha value is -2.64. The average molecular weight is 434 g/mol. The summed E-state index contributed by atoms with van der Waals surface area (Å²) in [7, 11) is 2.19. The molecule has 0 radical (unpaired) electrons. The number of Topliss-reactive ketones (excluding diaryl/α,β-unsaturated/α-hetero) is 1. The molecule has 0 amide bonds. The molecule has 168 valence electrons. The van der Waals surface area contributed by atoms with Gasteiger partial charge in [0.05, 0.1) is 11.2 Å². The highest BCUT2D eigenvalue weighted by Crippen LogP contribution is 2.30. The van der Waals surface area contributed by atoms with E-state index in [2.05, 4.69) is 26.8 Å². The van der Waals surface area contributed by atoms with Gasteiger partial charge in [-0.2, -0.15) is 0 Å². The number of pyridine rings is 2. The molecule has 0 aromatic carbocycles. The topological polar surface area (TPSA) is 75.4 Å². The van der Waals surface area contributed by atoms with E-state index in [1.165, 1.54) is 0 Å². The first-order valence-electron chi connectivity index (χ1n) is 11.7. The third-order valence-corrected chi connectivity index (χ3v) is 7.07. The van der Waals surface area contributed by atoms with Gasteiger partial charge in [-0.15, -0.1) is 0 Å². The van der Waals surface area contributed by atoms with Crippen LogP contribution in [0.1, 0.15) is 37.3 Å². The largest absolute Gasteiger partial charge is 0.449 e. The van der Waals surface area contributed by atoms with Gasteiger partial charge in [0.15, 0.2) is 5.89 Å². The molecular formula is C25H31N5O2. The van der Waals surface area contributed by atoms with Crippen molar-refractivity contribution >= 4 is 16.7 Å². The van der Waals surface area contributed by atoms with Gasteiger partial charge in [0.2, 0.25) is 0 Å². The number of rotatable bonds is 5. The molecule has 4 heterocycles. The smallest absolute Gasteiger partial charge is 0.191 e. The first kappa shape index (κ1) is 21.2. The van der Waals surface area contributed by atoms with Gasteiger partial charge < -0.3 is 9.32 Å². The van der Waals surface area contributed by atoms with Crippen LogP contribution in [0, 0.1) is 12.8 Å². The number of hydrogen-bond donors (Lipinski definition) is 0. The van der Waals surface area contributed by atoms with Crippen molar-refractivity contribution in [2.24, 2.45) is 5.92 Å². The average Bonchev–Trinajstić information content (AvgIpc) is 3.25. The lowest BCUT2D eigenvalue weighted by atomic mass is 9.81. The summed E-state index contributed by atoms with van der Waals surface area (Å²) in [6, 6.07) is 6.50. The maximum Gasteiger partial charge on any atom is 0.191 e. The lowest BCUT2D eigenvalue weighted by Crippen LogP contribution is -2.50. The molecule has 1 saturated carbocycles. The number of ketones is 1. The van der Waals surface area contributed by atoms with E-state index in [1.54, 1.807) is 6.26 Å². The minimum atomic E-state index is 0.161. The second kappa shape index (κ2) is 9.08. The summed E-state index contributed by atoms with van der Waals surface area (Å²) < 4.78 is 5.31. The van der Waals surface area contributed by atoms with Crippen LogP contribution in [0.4, 0.5) is 0 Å². The minimum Gasteiger partial charge on any atom is -0.449 e. The Balaban J connectivity index is 1.22. The number of carbonyl (C=O) groups is 1. The molecule has 0 bridgehead atoms. The van der Waals surface area contributed by atoms with Gasteiger partial charge in [0.25, 0.3) is 0 Å². The van der Waals surface area contributed by atoms with Gasteiger partial charge in [0.1, 0.15) is 17.7 Å².